The van der Waals surface area contributed by atoms with Gasteiger partial charge in [-0.2, -0.15) is 0 Å². The fraction of sp³-hybridized carbons (Fsp3) is 0.737. The molecule has 2 aromatic rings. The van der Waals surface area contributed by atoms with E-state index in [1.54, 1.807) is 13.4 Å². The lowest BCUT2D eigenvalue weighted by molar-refractivity contribution is -0.687. The van der Waals surface area contributed by atoms with Crippen molar-refractivity contribution in [2.75, 3.05) is 6.54 Å². The van der Waals surface area contributed by atoms with Gasteiger partial charge in [0.25, 0.3) is 5.56 Å². The van der Waals surface area contributed by atoms with E-state index in [9.17, 15) is 19.8 Å². The third kappa shape index (κ3) is 5.09. The molecule has 4 atom stereocenters. The van der Waals surface area contributed by atoms with Crippen molar-refractivity contribution in [1.82, 2.24) is 18.7 Å². The van der Waals surface area contributed by atoms with Gasteiger partial charge in [0.1, 0.15) is 0 Å². The molecule has 4 N–H and O–H groups in total. The summed E-state index contributed by atoms with van der Waals surface area (Å²) in [5, 5.41) is 21.7. The van der Waals surface area contributed by atoms with Crippen LogP contribution in [0.15, 0.2) is 15.9 Å². The first-order valence-corrected chi connectivity index (χ1v) is 10.1. The minimum atomic E-state index is -0.579. The van der Waals surface area contributed by atoms with Gasteiger partial charge in [0, 0.05) is 27.1 Å². The third-order valence-corrected chi connectivity index (χ3v) is 6.08. The Bertz CT molecular complexity index is 937. The monoisotopic (exact) mass is 429 g/mol. The first-order chi connectivity index (χ1) is 13.3. The number of nitrogens with zero attached hydrogens (tertiary/aromatic N) is 4. The molecule has 0 saturated heterocycles. The van der Waals surface area contributed by atoms with Gasteiger partial charge in [-0.05, 0) is 38.5 Å². The van der Waals surface area contributed by atoms with E-state index in [1.807, 2.05) is 4.57 Å². The Labute approximate surface area is 175 Å². The fourth-order valence-corrected chi connectivity index (χ4v) is 4.12. The summed E-state index contributed by atoms with van der Waals surface area (Å²) >= 11 is 0. The first-order valence-electron chi connectivity index (χ1n) is 10.1. The number of aryl methyl sites for hydroxylation is 2. The summed E-state index contributed by atoms with van der Waals surface area (Å²) in [7, 11) is 3.11. The predicted molar refractivity (Wildman–Crippen MR) is 105 cm³/mol. The molecule has 29 heavy (non-hydrogen) atoms. The van der Waals surface area contributed by atoms with Crippen LogP contribution in [0.25, 0.3) is 11.2 Å². The number of aliphatic hydroxyl groups excluding tert-OH is 2. The second-order valence-corrected chi connectivity index (χ2v) is 8.21. The Morgan fingerprint density at radius 1 is 1.21 bits per heavy atom. The lowest BCUT2D eigenvalue weighted by atomic mass is 9.83. The molecular weight excluding hydrogens is 398 g/mol. The predicted octanol–water partition coefficient (Wildman–Crippen LogP) is -4.31. The van der Waals surface area contributed by atoms with Crippen LogP contribution < -0.4 is 29.0 Å². The molecule has 1 fully saturated rings. The van der Waals surface area contributed by atoms with Gasteiger partial charge in [-0.1, -0.05) is 0 Å². The Kier molecular flexibility index (Phi) is 8.04. The minimum Gasteiger partial charge on any atom is -1.00 e. The van der Waals surface area contributed by atoms with Crippen LogP contribution in [0.2, 0.25) is 0 Å². The summed E-state index contributed by atoms with van der Waals surface area (Å²) in [6, 6.07) is 0.382. The number of quaternary nitrogens is 1. The number of imidazole rings is 1. The van der Waals surface area contributed by atoms with Gasteiger partial charge in [0.05, 0.1) is 31.1 Å². The Balaban J connectivity index is 0.00000300. The lowest BCUT2D eigenvalue weighted by Crippen LogP contribution is -3.00. The number of halogens is 1. The van der Waals surface area contributed by atoms with Crippen molar-refractivity contribution in [2.45, 2.75) is 63.8 Å². The normalized spacial score (nSPS) is 23.1. The number of fused-ring (bicyclic) bond motifs is 1. The van der Waals surface area contributed by atoms with Gasteiger partial charge >= 0.3 is 5.69 Å². The molecule has 0 bridgehead atoms. The first kappa shape index (κ1) is 23.6. The number of hydrogen-bond acceptors (Lipinski definition) is 5. The van der Waals surface area contributed by atoms with E-state index in [-0.39, 0.29) is 23.7 Å². The Hall–Kier alpha value is -1.68. The molecule has 0 aliphatic heterocycles. The fourth-order valence-electron chi connectivity index (χ4n) is 4.12. The maximum Gasteiger partial charge on any atom is 0.332 e. The largest absolute Gasteiger partial charge is 1.00 e. The standard InChI is InChI=1S/C19H31N5O4.ClH/c1-12(20-8-6-13-4-5-14(25)15(26)10-13)7-9-24-11-21-17-16(24)18(27)23(3)19(28)22(17)2;/h11-15,20,25-26H,4-10H2,1-3H3;1H. The highest BCUT2D eigenvalue weighted by atomic mass is 35.5. The van der Waals surface area contributed by atoms with Crippen LogP contribution in [0.4, 0.5) is 0 Å². The highest BCUT2D eigenvalue weighted by molar-refractivity contribution is 5.69. The molecule has 3 rings (SSSR count). The number of hydrogen-bond donors (Lipinski definition) is 3. The minimum absolute atomic E-state index is 0. The summed E-state index contributed by atoms with van der Waals surface area (Å²) < 4.78 is 4.35. The van der Waals surface area contributed by atoms with Crippen LogP contribution in [-0.2, 0) is 20.6 Å². The van der Waals surface area contributed by atoms with Gasteiger partial charge in [0.2, 0.25) is 0 Å². The molecule has 2 aromatic heterocycles. The second-order valence-electron chi connectivity index (χ2n) is 8.21. The van der Waals surface area contributed by atoms with Crippen molar-refractivity contribution in [1.29, 1.82) is 0 Å². The number of aliphatic hydroxyl groups is 2. The van der Waals surface area contributed by atoms with Crippen molar-refractivity contribution in [3.63, 3.8) is 0 Å². The SMILES string of the molecule is CC(CCn1cnc2c1c(=O)n(C)c(=O)n2C)[NH2+]CCC1CCC(O)C(O)C1.[Cl-]. The van der Waals surface area contributed by atoms with Gasteiger partial charge in [-0.25, -0.2) is 9.78 Å². The Morgan fingerprint density at radius 2 is 1.93 bits per heavy atom. The van der Waals surface area contributed by atoms with Gasteiger partial charge in [-0.15, -0.1) is 0 Å². The maximum atomic E-state index is 12.5. The molecule has 2 heterocycles. The van der Waals surface area contributed by atoms with Crippen LogP contribution in [-0.4, -0.2) is 53.7 Å². The summed E-state index contributed by atoms with van der Waals surface area (Å²) in [6.07, 6.45) is 4.75. The van der Waals surface area contributed by atoms with Gasteiger partial charge in [0.15, 0.2) is 11.2 Å². The van der Waals surface area contributed by atoms with Crippen molar-refractivity contribution in [3.8, 4) is 0 Å². The number of nitrogens with two attached hydrogens (primary N) is 1. The molecule has 0 aromatic carbocycles. The lowest BCUT2D eigenvalue weighted by Gasteiger charge is -2.29. The zero-order valence-electron chi connectivity index (χ0n) is 17.3. The van der Waals surface area contributed by atoms with E-state index >= 15 is 0 Å². The van der Waals surface area contributed by atoms with Crippen LogP contribution in [0.1, 0.15) is 39.0 Å². The van der Waals surface area contributed by atoms with Crippen LogP contribution in [0.3, 0.4) is 0 Å². The molecule has 1 aliphatic carbocycles. The number of aromatic nitrogens is 4. The molecule has 1 saturated carbocycles. The highest BCUT2D eigenvalue weighted by Crippen LogP contribution is 2.26. The average molecular weight is 430 g/mol. The van der Waals surface area contributed by atoms with Crippen molar-refractivity contribution in [3.05, 3.63) is 27.2 Å². The molecule has 0 spiro atoms. The van der Waals surface area contributed by atoms with Crippen molar-refractivity contribution in [2.24, 2.45) is 20.0 Å². The molecule has 164 valence electrons. The molecule has 10 heteroatoms. The molecule has 0 amide bonds. The molecular formula is C19H32ClN5O4. The zero-order chi connectivity index (χ0) is 20.4. The summed E-state index contributed by atoms with van der Waals surface area (Å²) in [4.78, 5) is 28.7. The van der Waals surface area contributed by atoms with E-state index in [4.69, 9.17) is 0 Å². The van der Waals surface area contributed by atoms with Gasteiger partial charge in [-0.3, -0.25) is 13.9 Å². The quantitative estimate of drug-likeness (QED) is 0.411. The van der Waals surface area contributed by atoms with E-state index in [1.165, 1.54) is 11.6 Å². The van der Waals surface area contributed by atoms with Crippen LogP contribution >= 0.6 is 0 Å². The smallest absolute Gasteiger partial charge is 0.332 e. The van der Waals surface area contributed by atoms with Crippen molar-refractivity contribution < 1.29 is 27.9 Å². The van der Waals surface area contributed by atoms with E-state index < -0.39 is 12.2 Å². The Morgan fingerprint density at radius 3 is 2.62 bits per heavy atom. The van der Waals surface area contributed by atoms with Gasteiger partial charge < -0.3 is 32.5 Å². The molecule has 0 radical (unpaired) electrons. The number of rotatable bonds is 7. The summed E-state index contributed by atoms with van der Waals surface area (Å²) in [6.45, 7) is 3.80. The topological polar surface area (TPSA) is 119 Å². The van der Waals surface area contributed by atoms with Crippen LogP contribution in [0, 0.1) is 5.92 Å². The zero-order valence-corrected chi connectivity index (χ0v) is 18.0. The van der Waals surface area contributed by atoms with Crippen LogP contribution in [0.5, 0.6) is 0 Å². The van der Waals surface area contributed by atoms with E-state index in [0.717, 1.165) is 30.4 Å². The highest BCUT2D eigenvalue weighted by Gasteiger charge is 2.27. The molecule has 9 nitrogen and oxygen atoms in total. The summed E-state index contributed by atoms with van der Waals surface area (Å²) in [5.41, 5.74) is 0.199. The van der Waals surface area contributed by atoms with E-state index in [0.29, 0.717) is 42.5 Å². The second kappa shape index (κ2) is 9.88. The third-order valence-electron chi connectivity index (χ3n) is 6.08. The maximum absolute atomic E-state index is 12.5. The molecule has 1 aliphatic rings. The summed E-state index contributed by atoms with van der Waals surface area (Å²) in [5.74, 6) is 0.476. The molecule has 4 unspecified atom stereocenters. The van der Waals surface area contributed by atoms with Crippen molar-refractivity contribution >= 4 is 11.2 Å². The van der Waals surface area contributed by atoms with E-state index in [2.05, 4.69) is 17.2 Å². The average Bonchev–Trinajstić information content (AvgIpc) is 3.10.